The van der Waals surface area contributed by atoms with Crippen molar-refractivity contribution in [2.45, 2.75) is 79.0 Å². The third kappa shape index (κ3) is 8.79. The second-order valence-electron chi connectivity index (χ2n) is 10.4. The fraction of sp³-hybridized carbons (Fsp3) is 0.500. The second-order valence-corrected chi connectivity index (χ2v) is 11.3. The number of hydrogen-bond donors (Lipinski definition) is 2. The highest BCUT2D eigenvalue weighted by Gasteiger charge is 2.35. The Bertz CT molecular complexity index is 1080. The van der Waals surface area contributed by atoms with Gasteiger partial charge in [-0.1, -0.05) is 49.4 Å². The van der Waals surface area contributed by atoms with E-state index in [-0.39, 0.29) is 18.4 Å². The van der Waals surface area contributed by atoms with Gasteiger partial charge in [0.2, 0.25) is 5.91 Å². The number of anilines is 1. The number of likely N-dealkylation sites (N-methyl/N-ethyl adjacent to an activating group) is 1. The number of rotatable bonds is 11. The molecule has 2 N–H and O–H groups in total. The number of carbonyl (C=O) groups is 3. The molecule has 2 unspecified atom stereocenters. The third-order valence-electron chi connectivity index (χ3n) is 6.22. The van der Waals surface area contributed by atoms with E-state index in [0.717, 1.165) is 28.8 Å². The van der Waals surface area contributed by atoms with Gasteiger partial charge in [0, 0.05) is 12.2 Å². The second kappa shape index (κ2) is 14.2. The lowest BCUT2D eigenvalue weighted by atomic mass is 9.99. The molecule has 7 nitrogen and oxygen atoms in total. The van der Waals surface area contributed by atoms with E-state index in [2.05, 4.69) is 17.6 Å². The largest absolute Gasteiger partial charge is 0.444 e. The average Bonchev–Trinajstić information content (AvgIpc) is 2.85. The van der Waals surface area contributed by atoms with Crippen molar-refractivity contribution in [2.24, 2.45) is 0 Å². The van der Waals surface area contributed by atoms with Gasteiger partial charge in [0.15, 0.2) is 0 Å². The van der Waals surface area contributed by atoms with E-state index in [1.165, 1.54) is 0 Å². The lowest BCUT2D eigenvalue weighted by molar-refractivity contribution is -0.140. The highest BCUT2D eigenvalue weighted by molar-refractivity contribution is 7.98. The standard InChI is InChI=1S/C30H43N3O4S/c1-9-22-14-16-23(17-15-22)26(27(34)32-25-20(3)12-11-13-21(25)4)33(10-2)28(35)24(18-19-38-8)31-29(36)37-30(5,6)7/h11-17,24,26H,9-10,18-19H2,1-8H3,(H,31,36)(H,32,34). The third-order valence-corrected chi connectivity index (χ3v) is 6.86. The smallest absolute Gasteiger partial charge is 0.408 e. The SMILES string of the molecule is CCc1ccc(C(C(=O)Nc2c(C)cccc2C)N(CC)C(=O)C(CCSC)NC(=O)OC(C)(C)C)cc1. The number of ether oxygens (including phenoxy) is 1. The predicted molar refractivity (Wildman–Crippen MR) is 157 cm³/mol. The molecular formula is C30H43N3O4S. The summed E-state index contributed by atoms with van der Waals surface area (Å²) in [6.07, 6.45) is 2.57. The highest BCUT2D eigenvalue weighted by atomic mass is 32.2. The van der Waals surface area contributed by atoms with Crippen LogP contribution in [0.1, 0.15) is 69.3 Å². The molecule has 0 bridgehead atoms. The highest BCUT2D eigenvalue weighted by Crippen LogP contribution is 2.27. The van der Waals surface area contributed by atoms with E-state index in [0.29, 0.717) is 17.7 Å². The van der Waals surface area contributed by atoms with Crippen molar-refractivity contribution in [3.63, 3.8) is 0 Å². The van der Waals surface area contributed by atoms with E-state index in [1.54, 1.807) is 37.4 Å². The van der Waals surface area contributed by atoms with Gasteiger partial charge in [0.05, 0.1) is 0 Å². The Labute approximate surface area is 232 Å². The maximum atomic E-state index is 14.0. The summed E-state index contributed by atoms with van der Waals surface area (Å²) in [5.74, 6) is 0.0326. The zero-order chi connectivity index (χ0) is 28.5. The summed E-state index contributed by atoms with van der Waals surface area (Å²) in [4.78, 5) is 42.0. The van der Waals surface area contributed by atoms with Crippen LogP contribution in [0.15, 0.2) is 42.5 Å². The summed E-state index contributed by atoms with van der Waals surface area (Å²) >= 11 is 1.58. The van der Waals surface area contributed by atoms with Crippen LogP contribution in [0.5, 0.6) is 0 Å². The first-order valence-corrected chi connectivity index (χ1v) is 14.6. The molecule has 0 radical (unpaired) electrons. The Morgan fingerprint density at radius 2 is 1.61 bits per heavy atom. The lowest BCUT2D eigenvalue weighted by Gasteiger charge is -2.34. The van der Waals surface area contributed by atoms with Gasteiger partial charge in [-0.15, -0.1) is 0 Å². The minimum absolute atomic E-state index is 0.283. The Hall–Kier alpha value is -3.00. The monoisotopic (exact) mass is 541 g/mol. The minimum Gasteiger partial charge on any atom is -0.444 e. The van der Waals surface area contributed by atoms with E-state index in [4.69, 9.17) is 4.74 Å². The summed E-state index contributed by atoms with van der Waals surface area (Å²) in [5.41, 5.74) is 3.77. The quantitative estimate of drug-likeness (QED) is 0.362. The van der Waals surface area contributed by atoms with Gasteiger partial charge in [0.1, 0.15) is 17.7 Å². The number of para-hydroxylation sites is 1. The van der Waals surface area contributed by atoms with Gasteiger partial charge < -0.3 is 20.3 Å². The Kier molecular flexibility index (Phi) is 11.7. The van der Waals surface area contributed by atoms with Crippen molar-refractivity contribution in [3.05, 3.63) is 64.7 Å². The molecule has 0 fully saturated rings. The number of hydrogen-bond acceptors (Lipinski definition) is 5. The topological polar surface area (TPSA) is 87.7 Å². The molecule has 0 aliphatic heterocycles. The lowest BCUT2D eigenvalue weighted by Crippen LogP contribution is -2.52. The molecule has 0 heterocycles. The van der Waals surface area contributed by atoms with Crippen molar-refractivity contribution in [3.8, 4) is 0 Å². The summed E-state index contributed by atoms with van der Waals surface area (Å²) in [7, 11) is 0. The van der Waals surface area contributed by atoms with Crippen LogP contribution >= 0.6 is 11.8 Å². The number of carbonyl (C=O) groups excluding carboxylic acids is 3. The number of nitrogens with one attached hydrogen (secondary N) is 2. The van der Waals surface area contributed by atoms with Crippen LogP contribution in [0, 0.1) is 13.8 Å². The molecule has 3 amide bonds. The first-order chi connectivity index (χ1) is 17.9. The number of aryl methyl sites for hydroxylation is 3. The Morgan fingerprint density at radius 1 is 1.00 bits per heavy atom. The molecule has 208 valence electrons. The molecule has 0 saturated carbocycles. The normalized spacial score (nSPS) is 12.8. The van der Waals surface area contributed by atoms with Gasteiger partial charge in [0.25, 0.3) is 5.91 Å². The van der Waals surface area contributed by atoms with E-state index in [9.17, 15) is 14.4 Å². The van der Waals surface area contributed by atoms with Crippen molar-refractivity contribution in [2.75, 3.05) is 23.9 Å². The Balaban J connectivity index is 2.48. The van der Waals surface area contributed by atoms with E-state index >= 15 is 0 Å². The molecule has 0 aliphatic carbocycles. The van der Waals surface area contributed by atoms with E-state index in [1.807, 2.05) is 69.5 Å². The van der Waals surface area contributed by atoms with Gasteiger partial charge in [-0.2, -0.15) is 11.8 Å². The predicted octanol–water partition coefficient (Wildman–Crippen LogP) is 6.04. The number of nitrogens with zero attached hydrogens (tertiary/aromatic N) is 1. The van der Waals surface area contributed by atoms with Crippen LogP contribution in [-0.4, -0.2) is 53.0 Å². The van der Waals surface area contributed by atoms with Gasteiger partial charge in [-0.3, -0.25) is 9.59 Å². The summed E-state index contributed by atoms with van der Waals surface area (Å²) < 4.78 is 5.43. The summed E-state index contributed by atoms with van der Waals surface area (Å²) in [5, 5.41) is 5.84. The first kappa shape index (κ1) is 31.2. The molecule has 2 rings (SSSR count). The summed E-state index contributed by atoms with van der Waals surface area (Å²) in [6.45, 7) is 13.4. The van der Waals surface area contributed by atoms with Crippen LogP contribution in [0.4, 0.5) is 10.5 Å². The molecule has 0 saturated heterocycles. The molecule has 0 spiro atoms. The maximum absolute atomic E-state index is 14.0. The maximum Gasteiger partial charge on any atom is 0.408 e. The van der Waals surface area contributed by atoms with Crippen LogP contribution < -0.4 is 10.6 Å². The number of thioether (sulfide) groups is 1. The van der Waals surface area contributed by atoms with Gasteiger partial charge >= 0.3 is 6.09 Å². The fourth-order valence-corrected chi connectivity index (χ4v) is 4.69. The van der Waals surface area contributed by atoms with Crippen LogP contribution in [-0.2, 0) is 20.7 Å². The fourth-order valence-electron chi connectivity index (χ4n) is 4.22. The van der Waals surface area contributed by atoms with E-state index < -0.39 is 23.8 Å². The number of alkyl carbamates (subject to hydrolysis) is 1. The molecule has 8 heteroatoms. The van der Waals surface area contributed by atoms with Crippen LogP contribution in [0.25, 0.3) is 0 Å². The minimum atomic E-state index is -0.880. The molecule has 0 aromatic heterocycles. The van der Waals surface area contributed by atoms with Crippen LogP contribution in [0.2, 0.25) is 0 Å². The summed E-state index contributed by atoms with van der Waals surface area (Å²) in [6, 6.07) is 11.9. The zero-order valence-corrected chi connectivity index (χ0v) is 24.8. The van der Waals surface area contributed by atoms with Crippen molar-refractivity contribution < 1.29 is 19.1 Å². The van der Waals surface area contributed by atoms with Crippen LogP contribution in [0.3, 0.4) is 0 Å². The van der Waals surface area contributed by atoms with Crippen molar-refractivity contribution in [1.29, 1.82) is 0 Å². The molecule has 2 aromatic rings. The van der Waals surface area contributed by atoms with Crippen molar-refractivity contribution >= 4 is 35.4 Å². The average molecular weight is 542 g/mol. The molecule has 2 aromatic carbocycles. The number of amides is 3. The Morgan fingerprint density at radius 3 is 2.11 bits per heavy atom. The molecule has 38 heavy (non-hydrogen) atoms. The van der Waals surface area contributed by atoms with Gasteiger partial charge in [-0.05, 0) is 88.6 Å². The molecule has 2 atom stereocenters. The molecule has 0 aliphatic rings. The molecular weight excluding hydrogens is 498 g/mol. The van der Waals surface area contributed by atoms with Gasteiger partial charge in [-0.25, -0.2) is 4.79 Å². The van der Waals surface area contributed by atoms with Crippen molar-refractivity contribution in [1.82, 2.24) is 10.2 Å². The number of benzene rings is 2. The first-order valence-electron chi connectivity index (χ1n) is 13.2. The zero-order valence-electron chi connectivity index (χ0n) is 24.0.